The Morgan fingerprint density at radius 3 is 2.50 bits per heavy atom. The van der Waals surface area contributed by atoms with Gasteiger partial charge in [0.1, 0.15) is 0 Å². The fourth-order valence-corrected chi connectivity index (χ4v) is 3.44. The van der Waals surface area contributed by atoms with Gasteiger partial charge in [-0.3, -0.25) is 4.79 Å². The second kappa shape index (κ2) is 5.59. The van der Waals surface area contributed by atoms with Crippen LogP contribution >= 0.6 is 0 Å². The summed E-state index contributed by atoms with van der Waals surface area (Å²) in [4.78, 5) is 14.2. The molecule has 0 N–H and O–H groups in total. The van der Waals surface area contributed by atoms with Gasteiger partial charge in [-0.2, -0.15) is 0 Å². The average Bonchev–Trinajstić information content (AvgIpc) is 3.31. The SMILES string of the molecule is CCc1cc(C)ccc1C1CCN(C(=O)C2CC2)CC1. The predicted octanol–water partition coefficient (Wildman–Crippen LogP) is 3.67. The number of hydrogen-bond acceptors (Lipinski definition) is 1. The van der Waals surface area contributed by atoms with Gasteiger partial charge in [0, 0.05) is 19.0 Å². The van der Waals surface area contributed by atoms with Crippen molar-refractivity contribution in [2.24, 2.45) is 5.92 Å². The van der Waals surface area contributed by atoms with E-state index in [1.165, 1.54) is 16.7 Å². The first kappa shape index (κ1) is 13.7. The Morgan fingerprint density at radius 1 is 1.20 bits per heavy atom. The summed E-state index contributed by atoms with van der Waals surface area (Å²) >= 11 is 0. The van der Waals surface area contributed by atoms with Crippen LogP contribution in [0.4, 0.5) is 0 Å². The van der Waals surface area contributed by atoms with E-state index in [-0.39, 0.29) is 0 Å². The lowest BCUT2D eigenvalue weighted by atomic mass is 9.85. The molecule has 0 spiro atoms. The van der Waals surface area contributed by atoms with Crippen molar-refractivity contribution in [3.63, 3.8) is 0 Å². The lowest BCUT2D eigenvalue weighted by Crippen LogP contribution is -2.38. The van der Waals surface area contributed by atoms with Gasteiger partial charge < -0.3 is 4.90 Å². The molecule has 0 aromatic heterocycles. The standard InChI is InChI=1S/C18H25NO/c1-3-14-12-13(2)4-7-17(14)15-8-10-19(11-9-15)18(20)16-5-6-16/h4,7,12,15-16H,3,5-6,8-11H2,1-2H3. The van der Waals surface area contributed by atoms with Gasteiger partial charge in [-0.25, -0.2) is 0 Å². The number of amides is 1. The van der Waals surface area contributed by atoms with E-state index in [1.807, 2.05) is 0 Å². The van der Waals surface area contributed by atoms with Crippen LogP contribution in [0.25, 0.3) is 0 Å². The van der Waals surface area contributed by atoms with Crippen LogP contribution in [0.15, 0.2) is 18.2 Å². The van der Waals surface area contributed by atoms with Gasteiger partial charge in [-0.1, -0.05) is 30.7 Å². The number of benzene rings is 1. The molecule has 1 saturated heterocycles. The topological polar surface area (TPSA) is 20.3 Å². The molecule has 0 unspecified atom stereocenters. The summed E-state index contributed by atoms with van der Waals surface area (Å²) in [5, 5.41) is 0. The van der Waals surface area contributed by atoms with Gasteiger partial charge in [-0.15, -0.1) is 0 Å². The van der Waals surface area contributed by atoms with Gasteiger partial charge in [-0.05, 0) is 56.1 Å². The molecule has 2 fully saturated rings. The van der Waals surface area contributed by atoms with Gasteiger partial charge in [0.25, 0.3) is 0 Å². The van der Waals surface area contributed by atoms with Crippen molar-refractivity contribution >= 4 is 5.91 Å². The molecule has 1 amide bonds. The zero-order valence-corrected chi connectivity index (χ0v) is 12.7. The molecule has 2 nitrogen and oxygen atoms in total. The minimum atomic E-state index is 0.372. The quantitative estimate of drug-likeness (QED) is 0.821. The number of piperidine rings is 1. The van der Waals surface area contributed by atoms with E-state index >= 15 is 0 Å². The molecule has 1 aliphatic heterocycles. The molecule has 108 valence electrons. The van der Waals surface area contributed by atoms with Crippen molar-refractivity contribution in [3.8, 4) is 0 Å². The number of carbonyl (C=O) groups excluding carboxylic acids is 1. The zero-order chi connectivity index (χ0) is 14.1. The number of rotatable bonds is 3. The van der Waals surface area contributed by atoms with Crippen LogP contribution in [0.5, 0.6) is 0 Å². The average molecular weight is 271 g/mol. The minimum Gasteiger partial charge on any atom is -0.342 e. The van der Waals surface area contributed by atoms with E-state index in [0.717, 1.165) is 45.2 Å². The third kappa shape index (κ3) is 2.74. The fourth-order valence-electron chi connectivity index (χ4n) is 3.44. The first-order valence-corrected chi connectivity index (χ1v) is 8.07. The molecule has 0 atom stereocenters. The summed E-state index contributed by atoms with van der Waals surface area (Å²) in [7, 11) is 0. The van der Waals surface area contributed by atoms with E-state index in [2.05, 4.69) is 36.9 Å². The third-order valence-corrected chi connectivity index (χ3v) is 4.85. The number of carbonyl (C=O) groups is 1. The maximum Gasteiger partial charge on any atom is 0.225 e. The molecule has 3 rings (SSSR count). The smallest absolute Gasteiger partial charge is 0.225 e. The van der Waals surface area contributed by atoms with Gasteiger partial charge in [0.05, 0.1) is 0 Å². The van der Waals surface area contributed by atoms with Gasteiger partial charge in [0.2, 0.25) is 5.91 Å². The normalized spacial score (nSPS) is 20.2. The van der Waals surface area contributed by atoms with Crippen molar-refractivity contribution in [1.82, 2.24) is 4.90 Å². The molecule has 2 aliphatic rings. The van der Waals surface area contributed by atoms with Crippen molar-refractivity contribution in [2.45, 2.75) is 51.9 Å². The Labute approximate surface area is 122 Å². The van der Waals surface area contributed by atoms with Crippen LogP contribution in [0.3, 0.4) is 0 Å². The number of aryl methyl sites for hydroxylation is 2. The van der Waals surface area contributed by atoms with Gasteiger partial charge in [0.15, 0.2) is 0 Å². The molecule has 1 aromatic rings. The Bertz CT molecular complexity index is 496. The molecule has 1 aromatic carbocycles. The van der Waals surface area contributed by atoms with E-state index in [1.54, 1.807) is 0 Å². The molecular formula is C18H25NO. The van der Waals surface area contributed by atoms with Crippen molar-refractivity contribution in [3.05, 3.63) is 34.9 Å². The highest BCUT2D eigenvalue weighted by Crippen LogP contribution is 2.35. The molecule has 2 heteroatoms. The third-order valence-electron chi connectivity index (χ3n) is 4.85. The molecular weight excluding hydrogens is 246 g/mol. The maximum atomic E-state index is 12.1. The summed E-state index contributed by atoms with van der Waals surface area (Å²) in [6.45, 7) is 6.32. The summed E-state index contributed by atoms with van der Waals surface area (Å²) in [6, 6.07) is 6.88. The predicted molar refractivity (Wildman–Crippen MR) is 81.8 cm³/mol. The molecule has 20 heavy (non-hydrogen) atoms. The lowest BCUT2D eigenvalue weighted by Gasteiger charge is -2.33. The maximum absolute atomic E-state index is 12.1. The highest BCUT2D eigenvalue weighted by atomic mass is 16.2. The van der Waals surface area contributed by atoms with E-state index < -0.39 is 0 Å². The Balaban J connectivity index is 1.67. The van der Waals surface area contributed by atoms with Crippen LogP contribution in [0.1, 0.15) is 55.2 Å². The molecule has 1 saturated carbocycles. The largest absolute Gasteiger partial charge is 0.342 e. The summed E-state index contributed by atoms with van der Waals surface area (Å²) in [5.41, 5.74) is 4.38. The summed E-state index contributed by atoms with van der Waals surface area (Å²) < 4.78 is 0. The second-order valence-corrected chi connectivity index (χ2v) is 6.43. The highest BCUT2D eigenvalue weighted by Gasteiger charge is 2.35. The first-order valence-electron chi connectivity index (χ1n) is 8.07. The van der Waals surface area contributed by atoms with Crippen LogP contribution in [0.2, 0.25) is 0 Å². The second-order valence-electron chi connectivity index (χ2n) is 6.43. The molecule has 0 bridgehead atoms. The zero-order valence-electron chi connectivity index (χ0n) is 12.7. The summed E-state index contributed by atoms with van der Waals surface area (Å²) in [6.07, 6.45) is 5.62. The molecule has 1 aliphatic carbocycles. The van der Waals surface area contributed by atoms with Crippen molar-refractivity contribution in [1.29, 1.82) is 0 Å². The molecule has 0 radical (unpaired) electrons. The fraction of sp³-hybridized carbons (Fsp3) is 0.611. The number of nitrogens with zero attached hydrogens (tertiary/aromatic N) is 1. The Kier molecular flexibility index (Phi) is 3.82. The van der Waals surface area contributed by atoms with E-state index in [0.29, 0.717) is 17.7 Å². The monoisotopic (exact) mass is 271 g/mol. The van der Waals surface area contributed by atoms with Crippen LogP contribution in [-0.4, -0.2) is 23.9 Å². The molecule has 1 heterocycles. The van der Waals surface area contributed by atoms with Crippen LogP contribution in [0, 0.1) is 12.8 Å². The van der Waals surface area contributed by atoms with E-state index in [9.17, 15) is 4.79 Å². The Hall–Kier alpha value is -1.31. The van der Waals surface area contributed by atoms with Crippen LogP contribution in [-0.2, 0) is 11.2 Å². The van der Waals surface area contributed by atoms with E-state index in [4.69, 9.17) is 0 Å². The number of likely N-dealkylation sites (tertiary alicyclic amines) is 1. The van der Waals surface area contributed by atoms with Crippen molar-refractivity contribution < 1.29 is 4.79 Å². The first-order chi connectivity index (χ1) is 9.69. The Morgan fingerprint density at radius 2 is 1.90 bits per heavy atom. The van der Waals surface area contributed by atoms with Gasteiger partial charge >= 0.3 is 0 Å². The summed E-state index contributed by atoms with van der Waals surface area (Å²) in [5.74, 6) is 1.44. The number of hydrogen-bond donors (Lipinski definition) is 0. The minimum absolute atomic E-state index is 0.372. The van der Waals surface area contributed by atoms with Crippen molar-refractivity contribution in [2.75, 3.05) is 13.1 Å². The highest BCUT2D eigenvalue weighted by molar-refractivity contribution is 5.81. The van der Waals surface area contributed by atoms with Crippen LogP contribution < -0.4 is 0 Å². The lowest BCUT2D eigenvalue weighted by molar-refractivity contribution is -0.133.